The predicted molar refractivity (Wildman–Crippen MR) is 66.3 cm³/mol. The van der Waals surface area contributed by atoms with Crippen molar-refractivity contribution in [2.24, 2.45) is 5.92 Å². The lowest BCUT2D eigenvalue weighted by atomic mass is 10.1. The number of nitrogens with one attached hydrogen (secondary N) is 1. The Balaban J connectivity index is 2.10. The summed E-state index contributed by atoms with van der Waals surface area (Å²) >= 11 is 0. The first-order chi connectivity index (χ1) is 7.56. The molecule has 1 aromatic carbocycles. The van der Waals surface area contributed by atoms with Crippen LogP contribution in [0.5, 0.6) is 0 Å². The first-order valence-corrected chi connectivity index (χ1v) is 5.73. The number of nitrogen functional groups attached to an aromatic ring is 1. The normalized spacial score (nSPS) is 14.9. The molecule has 0 aliphatic heterocycles. The monoisotopic (exact) mass is 218 g/mol. The maximum atomic E-state index is 11.7. The van der Waals surface area contributed by atoms with Crippen LogP contribution in [-0.4, -0.2) is 5.91 Å². The molecular formula is C13H18N2O. The Hall–Kier alpha value is -1.51. The third kappa shape index (κ3) is 2.54. The topological polar surface area (TPSA) is 55.1 Å². The Bertz CT molecular complexity index is 399. The van der Waals surface area contributed by atoms with Crippen molar-refractivity contribution in [3.63, 3.8) is 0 Å². The number of nitrogens with two attached hydrogens (primary N) is 1. The lowest BCUT2D eigenvalue weighted by Gasteiger charge is -2.12. The molecule has 0 aromatic heterocycles. The highest BCUT2D eigenvalue weighted by Crippen LogP contribution is 2.33. The molecule has 0 radical (unpaired) electrons. The van der Waals surface area contributed by atoms with Crippen LogP contribution in [0.2, 0.25) is 0 Å². The fraction of sp³-hybridized carbons (Fsp3) is 0.462. The third-order valence-electron chi connectivity index (χ3n) is 2.99. The molecule has 3 heteroatoms. The fourth-order valence-electron chi connectivity index (χ4n) is 1.97. The third-order valence-corrected chi connectivity index (χ3v) is 2.99. The van der Waals surface area contributed by atoms with Crippen molar-refractivity contribution in [2.75, 3.05) is 11.1 Å². The molecule has 1 aliphatic carbocycles. The summed E-state index contributed by atoms with van der Waals surface area (Å²) < 4.78 is 0. The number of carbonyl (C=O) groups is 1. The first-order valence-electron chi connectivity index (χ1n) is 5.73. The molecule has 0 bridgehead atoms. The van der Waals surface area contributed by atoms with Gasteiger partial charge in [0.2, 0.25) is 5.91 Å². The summed E-state index contributed by atoms with van der Waals surface area (Å²) in [5.41, 5.74) is 9.46. The summed E-state index contributed by atoms with van der Waals surface area (Å²) in [5, 5.41) is 2.98. The van der Waals surface area contributed by atoms with Crippen molar-refractivity contribution < 1.29 is 4.79 Å². The summed E-state index contributed by atoms with van der Waals surface area (Å²) in [6, 6.07) is 3.78. The standard InChI is InChI=1S/C13H18N2O/c1-8-5-11(14)6-9(2)13(8)15-12(16)7-10-3-4-10/h5-6,10H,3-4,7,14H2,1-2H3,(H,15,16). The van der Waals surface area contributed by atoms with Gasteiger partial charge in [0, 0.05) is 17.8 Å². The number of hydrogen-bond acceptors (Lipinski definition) is 2. The average molecular weight is 218 g/mol. The molecule has 0 atom stereocenters. The van der Waals surface area contributed by atoms with E-state index >= 15 is 0 Å². The van der Waals surface area contributed by atoms with Gasteiger partial charge in [-0.1, -0.05) is 0 Å². The van der Waals surface area contributed by atoms with Crippen LogP contribution in [-0.2, 0) is 4.79 Å². The van der Waals surface area contributed by atoms with Gasteiger partial charge >= 0.3 is 0 Å². The summed E-state index contributed by atoms with van der Waals surface area (Å²) in [6.45, 7) is 3.94. The van der Waals surface area contributed by atoms with Crippen LogP contribution in [0.25, 0.3) is 0 Å². The van der Waals surface area contributed by atoms with E-state index in [4.69, 9.17) is 5.73 Å². The number of amides is 1. The molecule has 2 rings (SSSR count). The predicted octanol–water partition coefficient (Wildman–Crippen LogP) is 2.62. The molecule has 1 amide bonds. The maximum Gasteiger partial charge on any atom is 0.224 e. The molecule has 1 aromatic rings. The van der Waals surface area contributed by atoms with E-state index in [2.05, 4.69) is 5.32 Å². The number of anilines is 2. The molecular weight excluding hydrogens is 200 g/mol. The highest BCUT2D eigenvalue weighted by molar-refractivity contribution is 5.93. The van der Waals surface area contributed by atoms with Crippen LogP contribution in [0.4, 0.5) is 11.4 Å². The highest BCUT2D eigenvalue weighted by Gasteiger charge is 2.24. The smallest absolute Gasteiger partial charge is 0.224 e. The molecule has 1 aliphatic rings. The summed E-state index contributed by atoms with van der Waals surface area (Å²) in [7, 11) is 0. The van der Waals surface area contributed by atoms with Crippen molar-refractivity contribution in [2.45, 2.75) is 33.1 Å². The Labute approximate surface area is 96.0 Å². The van der Waals surface area contributed by atoms with Crippen molar-refractivity contribution in [3.05, 3.63) is 23.3 Å². The van der Waals surface area contributed by atoms with E-state index in [1.165, 1.54) is 12.8 Å². The second-order valence-corrected chi connectivity index (χ2v) is 4.73. The quantitative estimate of drug-likeness (QED) is 0.766. The van der Waals surface area contributed by atoms with Crippen LogP contribution in [0, 0.1) is 19.8 Å². The Morgan fingerprint density at radius 2 is 1.94 bits per heavy atom. The molecule has 3 nitrogen and oxygen atoms in total. The van der Waals surface area contributed by atoms with Crippen molar-refractivity contribution >= 4 is 17.3 Å². The molecule has 1 fully saturated rings. The average Bonchev–Trinajstić information content (AvgIpc) is 2.95. The number of aryl methyl sites for hydroxylation is 2. The second kappa shape index (κ2) is 4.16. The van der Waals surface area contributed by atoms with Gasteiger partial charge in [0.15, 0.2) is 0 Å². The van der Waals surface area contributed by atoms with Crippen molar-refractivity contribution in [1.82, 2.24) is 0 Å². The van der Waals surface area contributed by atoms with Crippen molar-refractivity contribution in [3.8, 4) is 0 Å². The Kier molecular flexibility index (Phi) is 2.86. The first kappa shape index (κ1) is 11.0. The van der Waals surface area contributed by atoms with Crippen LogP contribution < -0.4 is 11.1 Å². The minimum absolute atomic E-state index is 0.124. The van der Waals surface area contributed by atoms with E-state index in [0.717, 1.165) is 22.5 Å². The molecule has 3 N–H and O–H groups in total. The lowest BCUT2D eigenvalue weighted by molar-refractivity contribution is -0.116. The van der Waals surface area contributed by atoms with Gasteiger partial charge in [0.05, 0.1) is 0 Å². The molecule has 0 saturated heterocycles. The highest BCUT2D eigenvalue weighted by atomic mass is 16.1. The second-order valence-electron chi connectivity index (χ2n) is 4.73. The van der Waals surface area contributed by atoms with E-state index in [1.807, 2.05) is 26.0 Å². The van der Waals surface area contributed by atoms with E-state index in [1.54, 1.807) is 0 Å². The zero-order chi connectivity index (χ0) is 11.7. The van der Waals surface area contributed by atoms with Gasteiger partial charge in [0.25, 0.3) is 0 Å². The van der Waals surface area contributed by atoms with Gasteiger partial charge in [-0.3, -0.25) is 4.79 Å². The summed E-state index contributed by atoms with van der Waals surface area (Å²) in [4.78, 5) is 11.7. The number of hydrogen-bond donors (Lipinski definition) is 2. The molecule has 86 valence electrons. The minimum atomic E-state index is 0.124. The van der Waals surface area contributed by atoms with E-state index < -0.39 is 0 Å². The number of carbonyl (C=O) groups excluding carboxylic acids is 1. The minimum Gasteiger partial charge on any atom is -0.399 e. The molecule has 0 spiro atoms. The van der Waals surface area contributed by atoms with E-state index in [0.29, 0.717) is 12.3 Å². The molecule has 1 saturated carbocycles. The zero-order valence-electron chi connectivity index (χ0n) is 9.84. The van der Waals surface area contributed by atoms with Gasteiger partial charge in [-0.2, -0.15) is 0 Å². The van der Waals surface area contributed by atoms with Crippen LogP contribution in [0.1, 0.15) is 30.4 Å². The van der Waals surface area contributed by atoms with E-state index in [-0.39, 0.29) is 5.91 Å². The van der Waals surface area contributed by atoms with Crippen LogP contribution in [0.3, 0.4) is 0 Å². The lowest BCUT2D eigenvalue weighted by Crippen LogP contribution is -2.14. The largest absolute Gasteiger partial charge is 0.399 e. The van der Waals surface area contributed by atoms with Gasteiger partial charge in [-0.05, 0) is 55.9 Å². The van der Waals surface area contributed by atoms with Crippen LogP contribution in [0.15, 0.2) is 12.1 Å². The number of benzene rings is 1. The SMILES string of the molecule is Cc1cc(N)cc(C)c1NC(=O)CC1CC1. The van der Waals surface area contributed by atoms with Crippen LogP contribution >= 0.6 is 0 Å². The summed E-state index contributed by atoms with van der Waals surface area (Å²) in [6.07, 6.45) is 3.06. The van der Waals surface area contributed by atoms with Gasteiger partial charge < -0.3 is 11.1 Å². The van der Waals surface area contributed by atoms with Crippen molar-refractivity contribution in [1.29, 1.82) is 0 Å². The zero-order valence-corrected chi connectivity index (χ0v) is 9.84. The maximum absolute atomic E-state index is 11.7. The molecule has 0 heterocycles. The fourth-order valence-corrected chi connectivity index (χ4v) is 1.97. The summed E-state index contributed by atoms with van der Waals surface area (Å²) in [5.74, 6) is 0.743. The Morgan fingerprint density at radius 1 is 1.38 bits per heavy atom. The van der Waals surface area contributed by atoms with Gasteiger partial charge in [-0.15, -0.1) is 0 Å². The van der Waals surface area contributed by atoms with Gasteiger partial charge in [0.1, 0.15) is 0 Å². The Morgan fingerprint density at radius 3 is 2.44 bits per heavy atom. The van der Waals surface area contributed by atoms with Gasteiger partial charge in [-0.25, -0.2) is 0 Å². The molecule has 0 unspecified atom stereocenters. The molecule has 16 heavy (non-hydrogen) atoms. The van der Waals surface area contributed by atoms with E-state index in [9.17, 15) is 4.79 Å². The number of rotatable bonds is 3.